The number of sulfonamides is 1. The van der Waals surface area contributed by atoms with E-state index in [2.05, 4.69) is 4.99 Å². The van der Waals surface area contributed by atoms with Gasteiger partial charge in [-0.25, -0.2) is 8.42 Å². The van der Waals surface area contributed by atoms with Crippen molar-refractivity contribution in [1.82, 2.24) is 8.87 Å². The predicted octanol–water partition coefficient (Wildman–Crippen LogP) is 2.20. The molecule has 0 saturated carbocycles. The van der Waals surface area contributed by atoms with Crippen LogP contribution in [0.1, 0.15) is 17.3 Å². The summed E-state index contributed by atoms with van der Waals surface area (Å²) in [7, 11) is -0.935. The summed E-state index contributed by atoms with van der Waals surface area (Å²) in [5, 5.41) is 11.2. The van der Waals surface area contributed by atoms with E-state index in [0.717, 1.165) is 11.3 Å². The monoisotopic (exact) mass is 580 g/mol. The standard InChI is InChI=1S/C24H28N4O9S2/c1-4-37-22(29)16-27-20-10-7-18(28(31)32)15-21(20)38-24(27)25-23(30)17-5-8-19(9-6-17)39(33,34)26(11-13-35-2)12-14-36-3/h5-10,15H,4,11-14,16H2,1-3H3. The molecular formula is C24H28N4O9S2. The van der Waals surface area contributed by atoms with E-state index in [1.54, 1.807) is 6.92 Å². The highest BCUT2D eigenvalue weighted by Gasteiger charge is 2.24. The number of hydrogen-bond acceptors (Lipinski definition) is 10. The van der Waals surface area contributed by atoms with Crippen molar-refractivity contribution >= 4 is 49.1 Å². The second kappa shape index (κ2) is 13.5. The van der Waals surface area contributed by atoms with Crippen LogP contribution in [0.4, 0.5) is 5.69 Å². The van der Waals surface area contributed by atoms with E-state index in [0.29, 0.717) is 10.2 Å². The lowest BCUT2D eigenvalue weighted by atomic mass is 10.2. The van der Waals surface area contributed by atoms with Crippen LogP contribution < -0.4 is 4.80 Å². The van der Waals surface area contributed by atoms with Gasteiger partial charge < -0.3 is 18.8 Å². The number of hydrogen-bond donors (Lipinski definition) is 0. The number of aromatic nitrogens is 1. The molecule has 0 fully saturated rings. The molecule has 0 unspecified atom stereocenters. The second-order valence-electron chi connectivity index (χ2n) is 8.02. The molecule has 0 N–H and O–H groups in total. The Morgan fingerprint density at radius 1 is 1.08 bits per heavy atom. The molecule has 2 aromatic carbocycles. The van der Waals surface area contributed by atoms with Gasteiger partial charge >= 0.3 is 5.97 Å². The predicted molar refractivity (Wildman–Crippen MR) is 142 cm³/mol. The van der Waals surface area contributed by atoms with Gasteiger partial charge in [0.05, 0.1) is 39.9 Å². The Balaban J connectivity index is 1.97. The SMILES string of the molecule is CCOC(=O)Cn1c(=NC(=O)c2ccc(S(=O)(=O)N(CCOC)CCOC)cc2)sc2cc([N+](=O)[O-])ccc21. The van der Waals surface area contributed by atoms with Crippen LogP contribution in [-0.2, 0) is 35.6 Å². The second-order valence-corrected chi connectivity index (χ2v) is 11.0. The van der Waals surface area contributed by atoms with Crippen LogP contribution in [0.3, 0.4) is 0 Å². The summed E-state index contributed by atoms with van der Waals surface area (Å²) in [6.45, 7) is 2.21. The minimum absolute atomic E-state index is 0.0159. The van der Waals surface area contributed by atoms with Crippen molar-refractivity contribution in [2.45, 2.75) is 18.4 Å². The number of benzene rings is 2. The number of amides is 1. The Morgan fingerprint density at radius 2 is 1.72 bits per heavy atom. The van der Waals surface area contributed by atoms with Crippen molar-refractivity contribution in [2.24, 2.45) is 4.99 Å². The van der Waals surface area contributed by atoms with Gasteiger partial charge in [-0.1, -0.05) is 11.3 Å². The summed E-state index contributed by atoms with van der Waals surface area (Å²) in [4.78, 5) is 40.1. The number of nitro groups is 1. The fraction of sp³-hybridized carbons (Fsp3) is 0.375. The zero-order valence-electron chi connectivity index (χ0n) is 21.6. The van der Waals surface area contributed by atoms with E-state index in [9.17, 15) is 28.1 Å². The zero-order chi connectivity index (χ0) is 28.6. The fourth-order valence-electron chi connectivity index (χ4n) is 3.56. The Hall–Kier alpha value is -3.50. The molecule has 3 rings (SSSR count). The van der Waals surface area contributed by atoms with Gasteiger partial charge in [-0.05, 0) is 37.3 Å². The van der Waals surface area contributed by atoms with Crippen LogP contribution in [0.2, 0.25) is 0 Å². The fourth-order valence-corrected chi connectivity index (χ4v) is 6.03. The van der Waals surface area contributed by atoms with Crippen LogP contribution in [0, 0.1) is 10.1 Å². The lowest BCUT2D eigenvalue weighted by Crippen LogP contribution is -2.36. The quantitative estimate of drug-likeness (QED) is 0.168. The average Bonchev–Trinajstić information content (AvgIpc) is 3.24. The number of carbonyl (C=O) groups excluding carboxylic acids is 2. The van der Waals surface area contributed by atoms with Gasteiger partial charge in [0.2, 0.25) is 10.0 Å². The van der Waals surface area contributed by atoms with Gasteiger partial charge in [-0.15, -0.1) is 0 Å². The van der Waals surface area contributed by atoms with Crippen molar-refractivity contribution < 1.29 is 37.1 Å². The van der Waals surface area contributed by atoms with E-state index < -0.39 is 26.8 Å². The van der Waals surface area contributed by atoms with Crippen molar-refractivity contribution in [3.8, 4) is 0 Å². The number of nitro benzene ring substituents is 1. The summed E-state index contributed by atoms with van der Waals surface area (Å²) in [6.07, 6.45) is 0. The Morgan fingerprint density at radius 3 is 2.28 bits per heavy atom. The number of carbonyl (C=O) groups is 2. The van der Waals surface area contributed by atoms with E-state index in [4.69, 9.17) is 14.2 Å². The van der Waals surface area contributed by atoms with Crippen molar-refractivity contribution in [3.63, 3.8) is 0 Å². The molecule has 0 atom stereocenters. The van der Waals surface area contributed by atoms with Crippen LogP contribution in [0.5, 0.6) is 0 Å². The molecule has 3 aromatic rings. The van der Waals surface area contributed by atoms with E-state index in [-0.39, 0.29) is 60.4 Å². The first kappa shape index (κ1) is 30.0. The van der Waals surface area contributed by atoms with Crippen LogP contribution in [0.15, 0.2) is 52.4 Å². The number of methoxy groups -OCH3 is 2. The molecule has 0 spiro atoms. The highest BCUT2D eigenvalue weighted by molar-refractivity contribution is 7.89. The Bertz CT molecular complexity index is 1500. The summed E-state index contributed by atoms with van der Waals surface area (Å²) in [5.74, 6) is -1.25. The maximum Gasteiger partial charge on any atom is 0.326 e. The van der Waals surface area contributed by atoms with Gasteiger partial charge in [-0.3, -0.25) is 19.7 Å². The highest BCUT2D eigenvalue weighted by Crippen LogP contribution is 2.24. The van der Waals surface area contributed by atoms with Crippen molar-refractivity contribution in [3.05, 3.63) is 62.9 Å². The molecule has 210 valence electrons. The minimum atomic E-state index is -3.88. The number of esters is 1. The summed E-state index contributed by atoms with van der Waals surface area (Å²) < 4.78 is 44.4. The Kier molecular flexibility index (Phi) is 10.4. The first-order valence-electron chi connectivity index (χ1n) is 11.7. The molecule has 1 amide bonds. The third-order valence-corrected chi connectivity index (χ3v) is 8.45. The summed E-state index contributed by atoms with van der Waals surface area (Å²) >= 11 is 1.00. The number of thiazole rings is 1. The molecule has 0 radical (unpaired) electrons. The molecule has 0 aliphatic carbocycles. The topological polar surface area (TPSA) is 160 Å². The summed E-state index contributed by atoms with van der Waals surface area (Å²) in [5.41, 5.74) is 0.436. The maximum atomic E-state index is 13.1. The average molecular weight is 581 g/mol. The molecule has 39 heavy (non-hydrogen) atoms. The molecule has 0 bridgehead atoms. The number of fused-ring (bicyclic) bond motifs is 1. The lowest BCUT2D eigenvalue weighted by Gasteiger charge is -2.21. The third kappa shape index (κ3) is 7.33. The summed E-state index contributed by atoms with van der Waals surface area (Å²) in [6, 6.07) is 9.42. The number of ether oxygens (including phenoxy) is 3. The first-order chi connectivity index (χ1) is 18.6. The normalized spacial score (nSPS) is 12.3. The molecule has 15 heteroatoms. The molecular weight excluding hydrogens is 552 g/mol. The van der Waals surface area contributed by atoms with Crippen LogP contribution in [-0.4, -0.2) is 81.2 Å². The number of nitrogens with zero attached hydrogens (tertiary/aromatic N) is 4. The molecule has 13 nitrogen and oxygen atoms in total. The smallest absolute Gasteiger partial charge is 0.326 e. The molecule has 1 heterocycles. The minimum Gasteiger partial charge on any atom is -0.465 e. The highest BCUT2D eigenvalue weighted by atomic mass is 32.2. The van der Waals surface area contributed by atoms with Gasteiger partial charge in [0.25, 0.3) is 11.6 Å². The van der Waals surface area contributed by atoms with Gasteiger partial charge in [0.15, 0.2) is 4.80 Å². The van der Waals surface area contributed by atoms with E-state index in [1.807, 2.05) is 0 Å². The molecule has 0 aliphatic rings. The molecule has 1 aromatic heterocycles. The Labute approximate surface area is 228 Å². The van der Waals surface area contributed by atoms with Crippen molar-refractivity contribution in [2.75, 3.05) is 47.1 Å². The first-order valence-corrected chi connectivity index (χ1v) is 14.0. The molecule has 0 saturated heterocycles. The van der Waals surface area contributed by atoms with E-state index >= 15 is 0 Å². The van der Waals surface area contributed by atoms with Gasteiger partial charge in [0, 0.05) is 45.0 Å². The maximum absolute atomic E-state index is 13.1. The zero-order valence-corrected chi connectivity index (χ0v) is 23.2. The lowest BCUT2D eigenvalue weighted by molar-refractivity contribution is -0.384. The number of rotatable bonds is 13. The largest absolute Gasteiger partial charge is 0.465 e. The van der Waals surface area contributed by atoms with Crippen molar-refractivity contribution in [1.29, 1.82) is 0 Å². The molecule has 0 aliphatic heterocycles. The third-order valence-electron chi connectivity index (χ3n) is 5.50. The van der Waals surface area contributed by atoms with Crippen LogP contribution in [0.25, 0.3) is 10.2 Å². The number of non-ortho nitro benzene ring substituents is 1. The van der Waals surface area contributed by atoms with Gasteiger partial charge in [0.1, 0.15) is 6.54 Å². The van der Waals surface area contributed by atoms with E-state index in [1.165, 1.54) is 65.6 Å². The van der Waals surface area contributed by atoms with Crippen LogP contribution >= 0.6 is 11.3 Å². The van der Waals surface area contributed by atoms with Gasteiger partial charge in [-0.2, -0.15) is 9.30 Å².